The molecule has 1 aliphatic carbocycles. The molecule has 5 heteroatoms. The van der Waals surface area contributed by atoms with Crippen LogP contribution in [0.2, 0.25) is 0 Å². The topological polar surface area (TPSA) is 72.9 Å². The van der Waals surface area contributed by atoms with Gasteiger partial charge in [-0.3, -0.25) is 4.79 Å². The number of benzene rings is 1. The summed E-state index contributed by atoms with van der Waals surface area (Å²) < 4.78 is 1.68. The van der Waals surface area contributed by atoms with E-state index in [4.69, 9.17) is 5.73 Å². The Morgan fingerprint density at radius 3 is 2.60 bits per heavy atom. The molecule has 1 fully saturated rings. The number of carbonyl (C=O) groups excluding carboxylic acids is 1. The molecule has 20 heavy (non-hydrogen) atoms. The molecule has 1 saturated carbocycles. The van der Waals surface area contributed by atoms with Crippen molar-refractivity contribution >= 4 is 11.6 Å². The molecule has 1 aromatic carbocycles. The highest BCUT2D eigenvalue weighted by Gasteiger charge is 2.33. The van der Waals surface area contributed by atoms with Gasteiger partial charge in [0.05, 0.1) is 5.69 Å². The zero-order chi connectivity index (χ0) is 14.2. The van der Waals surface area contributed by atoms with Crippen LogP contribution in [-0.4, -0.2) is 21.2 Å². The fourth-order valence-corrected chi connectivity index (χ4v) is 2.39. The maximum absolute atomic E-state index is 12.1. The summed E-state index contributed by atoms with van der Waals surface area (Å²) in [4.78, 5) is 12.1. The van der Waals surface area contributed by atoms with Crippen LogP contribution in [0.3, 0.4) is 0 Å². The first kappa shape index (κ1) is 12.7. The molecular formula is C15H18N4O. The van der Waals surface area contributed by atoms with Crippen molar-refractivity contribution in [3.05, 3.63) is 42.2 Å². The second-order valence-corrected chi connectivity index (χ2v) is 5.61. The molecule has 5 nitrogen and oxygen atoms in total. The average molecular weight is 270 g/mol. The third-order valence-corrected chi connectivity index (χ3v) is 3.85. The van der Waals surface area contributed by atoms with Gasteiger partial charge < -0.3 is 11.1 Å². The fraction of sp³-hybridized carbons (Fsp3) is 0.333. The summed E-state index contributed by atoms with van der Waals surface area (Å²) >= 11 is 0. The highest BCUT2D eigenvalue weighted by atomic mass is 16.2. The van der Waals surface area contributed by atoms with Gasteiger partial charge in [-0.2, -0.15) is 5.10 Å². The van der Waals surface area contributed by atoms with E-state index in [2.05, 4.69) is 17.3 Å². The number of nitrogens with two attached hydrogens (primary N) is 1. The number of carbonyl (C=O) groups is 1. The van der Waals surface area contributed by atoms with Gasteiger partial charge >= 0.3 is 0 Å². The first-order valence-corrected chi connectivity index (χ1v) is 6.80. The predicted molar refractivity (Wildman–Crippen MR) is 77.7 cm³/mol. The van der Waals surface area contributed by atoms with Crippen molar-refractivity contribution in [3.63, 3.8) is 0 Å². The molecule has 1 aliphatic rings. The van der Waals surface area contributed by atoms with Gasteiger partial charge in [-0.25, -0.2) is 4.68 Å². The largest absolute Gasteiger partial charge is 0.399 e. The standard InChI is InChI=1S/C15H18N4O/c1-15(8-2-9-15)17-14(20)13-7-10-19(18-13)12-5-3-11(16)4-6-12/h3-7,10H,2,8-9,16H2,1H3,(H,17,20). The second kappa shape index (κ2) is 4.67. The summed E-state index contributed by atoms with van der Waals surface area (Å²) in [6.07, 6.45) is 5.04. The Morgan fingerprint density at radius 2 is 2.00 bits per heavy atom. The number of anilines is 1. The second-order valence-electron chi connectivity index (χ2n) is 5.61. The van der Waals surface area contributed by atoms with Crippen LogP contribution in [0, 0.1) is 0 Å². The Morgan fingerprint density at radius 1 is 1.30 bits per heavy atom. The van der Waals surface area contributed by atoms with Crippen molar-refractivity contribution in [1.29, 1.82) is 0 Å². The number of nitrogens with one attached hydrogen (secondary N) is 1. The van der Waals surface area contributed by atoms with E-state index in [9.17, 15) is 4.79 Å². The third-order valence-electron chi connectivity index (χ3n) is 3.85. The van der Waals surface area contributed by atoms with Gasteiger partial charge in [0.2, 0.25) is 0 Å². The SMILES string of the molecule is CC1(NC(=O)c2ccn(-c3ccc(N)cc3)n2)CCC1. The first-order chi connectivity index (χ1) is 9.56. The maximum atomic E-state index is 12.1. The molecule has 0 bridgehead atoms. The molecule has 2 aromatic rings. The van der Waals surface area contributed by atoms with E-state index in [0.717, 1.165) is 18.5 Å². The minimum Gasteiger partial charge on any atom is -0.399 e. The lowest BCUT2D eigenvalue weighted by molar-refractivity contribution is 0.0845. The van der Waals surface area contributed by atoms with Gasteiger partial charge in [-0.1, -0.05) is 0 Å². The maximum Gasteiger partial charge on any atom is 0.272 e. The Bertz CT molecular complexity index is 626. The molecule has 0 unspecified atom stereocenters. The van der Waals surface area contributed by atoms with Crippen molar-refractivity contribution in [3.8, 4) is 5.69 Å². The van der Waals surface area contributed by atoms with Crippen molar-refractivity contribution in [2.24, 2.45) is 0 Å². The molecule has 3 rings (SSSR count). The molecule has 0 aliphatic heterocycles. The van der Waals surface area contributed by atoms with Crippen LogP contribution in [0.1, 0.15) is 36.7 Å². The molecule has 0 saturated heterocycles. The monoisotopic (exact) mass is 270 g/mol. The summed E-state index contributed by atoms with van der Waals surface area (Å²) in [6, 6.07) is 9.10. The Kier molecular flexibility index (Phi) is 2.97. The van der Waals surface area contributed by atoms with Gasteiger partial charge in [0.1, 0.15) is 0 Å². The Balaban J connectivity index is 1.76. The summed E-state index contributed by atoms with van der Waals surface area (Å²) in [5.41, 5.74) is 7.63. The number of nitrogens with zero attached hydrogens (tertiary/aromatic N) is 2. The van der Waals surface area contributed by atoms with Gasteiger partial charge in [0.15, 0.2) is 5.69 Å². The zero-order valence-corrected chi connectivity index (χ0v) is 11.5. The van der Waals surface area contributed by atoms with E-state index in [-0.39, 0.29) is 11.4 Å². The summed E-state index contributed by atoms with van der Waals surface area (Å²) in [7, 11) is 0. The molecule has 0 spiro atoms. The quantitative estimate of drug-likeness (QED) is 0.839. The van der Waals surface area contributed by atoms with Crippen molar-refractivity contribution < 1.29 is 4.79 Å². The van der Waals surface area contributed by atoms with Crippen molar-refractivity contribution in [1.82, 2.24) is 15.1 Å². The minimum atomic E-state index is -0.110. The lowest BCUT2D eigenvalue weighted by Crippen LogP contribution is -2.51. The highest BCUT2D eigenvalue weighted by molar-refractivity contribution is 5.92. The molecule has 104 valence electrons. The van der Waals surface area contributed by atoms with E-state index < -0.39 is 0 Å². The molecule has 1 heterocycles. The summed E-state index contributed by atoms with van der Waals surface area (Å²) in [5, 5.41) is 7.36. The van der Waals surface area contributed by atoms with Crippen LogP contribution < -0.4 is 11.1 Å². The normalized spacial score (nSPS) is 16.4. The average Bonchev–Trinajstić information content (AvgIpc) is 2.87. The van der Waals surface area contributed by atoms with E-state index in [0.29, 0.717) is 11.4 Å². The molecule has 1 aromatic heterocycles. The van der Waals surface area contributed by atoms with Crippen LogP contribution >= 0.6 is 0 Å². The molecule has 0 atom stereocenters. The van der Waals surface area contributed by atoms with Gasteiger partial charge in [-0.05, 0) is 56.5 Å². The third kappa shape index (κ3) is 2.39. The van der Waals surface area contributed by atoms with Gasteiger partial charge in [0.25, 0.3) is 5.91 Å². The van der Waals surface area contributed by atoms with Gasteiger partial charge in [-0.15, -0.1) is 0 Å². The van der Waals surface area contributed by atoms with Crippen LogP contribution in [0.25, 0.3) is 5.69 Å². The number of amides is 1. The Labute approximate surface area is 117 Å². The number of rotatable bonds is 3. The number of hydrogen-bond donors (Lipinski definition) is 2. The number of aromatic nitrogens is 2. The first-order valence-electron chi connectivity index (χ1n) is 6.80. The lowest BCUT2D eigenvalue weighted by atomic mass is 9.78. The van der Waals surface area contributed by atoms with E-state index >= 15 is 0 Å². The van der Waals surface area contributed by atoms with Crippen molar-refractivity contribution in [2.45, 2.75) is 31.7 Å². The predicted octanol–water partition coefficient (Wildman–Crippen LogP) is 2.13. The molecule has 0 radical (unpaired) electrons. The number of nitrogen functional groups attached to an aromatic ring is 1. The van der Waals surface area contributed by atoms with E-state index in [1.165, 1.54) is 6.42 Å². The van der Waals surface area contributed by atoms with Crippen molar-refractivity contribution in [2.75, 3.05) is 5.73 Å². The molecule has 3 N–H and O–H groups in total. The molecular weight excluding hydrogens is 252 g/mol. The number of hydrogen-bond acceptors (Lipinski definition) is 3. The van der Waals surface area contributed by atoms with Crippen LogP contribution in [0.15, 0.2) is 36.5 Å². The van der Waals surface area contributed by atoms with E-state index in [1.807, 2.05) is 24.3 Å². The van der Waals surface area contributed by atoms with Crippen LogP contribution in [0.4, 0.5) is 5.69 Å². The lowest BCUT2D eigenvalue weighted by Gasteiger charge is -2.38. The Hall–Kier alpha value is -2.30. The molecule has 1 amide bonds. The van der Waals surface area contributed by atoms with Crippen LogP contribution in [0.5, 0.6) is 0 Å². The zero-order valence-electron chi connectivity index (χ0n) is 11.5. The van der Waals surface area contributed by atoms with Crippen LogP contribution in [-0.2, 0) is 0 Å². The minimum absolute atomic E-state index is 0.0535. The smallest absolute Gasteiger partial charge is 0.272 e. The highest BCUT2D eigenvalue weighted by Crippen LogP contribution is 2.31. The summed E-state index contributed by atoms with van der Waals surface area (Å²) in [6.45, 7) is 2.07. The fourth-order valence-electron chi connectivity index (χ4n) is 2.39. The van der Waals surface area contributed by atoms with Gasteiger partial charge in [0, 0.05) is 17.4 Å². The van der Waals surface area contributed by atoms with E-state index in [1.54, 1.807) is 16.9 Å². The summed E-state index contributed by atoms with van der Waals surface area (Å²) in [5.74, 6) is -0.110.